The lowest BCUT2D eigenvalue weighted by molar-refractivity contribution is -0.123. The van der Waals surface area contributed by atoms with Gasteiger partial charge in [-0.05, 0) is 67.1 Å². The van der Waals surface area contributed by atoms with Crippen LogP contribution in [0.1, 0.15) is 35.3 Å². The molecule has 2 saturated heterocycles. The molecule has 2 aliphatic heterocycles. The molecule has 2 fully saturated rings. The van der Waals surface area contributed by atoms with Crippen molar-refractivity contribution in [1.29, 1.82) is 0 Å². The number of halogens is 1. The van der Waals surface area contributed by atoms with Crippen LogP contribution in [-0.2, 0) is 16.1 Å². The lowest BCUT2D eigenvalue weighted by Crippen LogP contribution is -2.48. The van der Waals surface area contributed by atoms with Crippen molar-refractivity contribution in [3.05, 3.63) is 75.1 Å². The predicted octanol–water partition coefficient (Wildman–Crippen LogP) is 4.83. The molecule has 0 unspecified atom stereocenters. The molecule has 2 heterocycles. The summed E-state index contributed by atoms with van der Waals surface area (Å²) in [5.41, 5.74) is 2.16. The van der Waals surface area contributed by atoms with E-state index in [4.69, 9.17) is 16.3 Å². The van der Waals surface area contributed by atoms with Crippen LogP contribution in [0, 0.1) is 0 Å². The van der Waals surface area contributed by atoms with Crippen molar-refractivity contribution >= 4 is 46.5 Å². The van der Waals surface area contributed by atoms with Crippen molar-refractivity contribution in [2.45, 2.75) is 32.6 Å². The second-order valence-electron chi connectivity index (χ2n) is 7.98. The third-order valence-electron chi connectivity index (χ3n) is 5.29. The maximum atomic E-state index is 12.8. The maximum Gasteiger partial charge on any atom is 0.293 e. The third-order valence-corrected chi connectivity index (χ3v) is 6.45. The fourth-order valence-corrected chi connectivity index (χ4v) is 4.77. The fraction of sp³-hybridized carbons (Fsp3) is 0.292. The highest BCUT2D eigenvalue weighted by molar-refractivity contribution is 8.18. The average Bonchev–Trinajstić information content (AvgIpc) is 3.02. The smallest absolute Gasteiger partial charge is 0.293 e. The molecule has 2 aromatic rings. The van der Waals surface area contributed by atoms with E-state index in [1.165, 1.54) is 4.90 Å². The predicted molar refractivity (Wildman–Crippen MR) is 125 cm³/mol. The summed E-state index contributed by atoms with van der Waals surface area (Å²) in [6.07, 6.45) is 1.69. The molecule has 2 aromatic carbocycles. The standard InChI is InChI=1S/C24H23ClN2O4S/c1-15-12-26(13-16(2)31-15)22(28)19-7-3-17(4-8-19)11-21-23(29)27(24(30)32-21)14-18-5-9-20(25)10-6-18/h3-11,15-16H,12-14H2,1-2H3/b21-11-/t15-,16+. The highest BCUT2D eigenvalue weighted by Crippen LogP contribution is 2.33. The molecular formula is C24H23ClN2O4S. The number of thioether (sulfide) groups is 1. The van der Waals surface area contributed by atoms with Crippen molar-refractivity contribution in [3.63, 3.8) is 0 Å². The van der Waals surface area contributed by atoms with Gasteiger partial charge >= 0.3 is 0 Å². The quantitative estimate of drug-likeness (QED) is 0.599. The van der Waals surface area contributed by atoms with Gasteiger partial charge in [0.05, 0.1) is 23.7 Å². The Bertz CT molecular complexity index is 1060. The monoisotopic (exact) mass is 470 g/mol. The van der Waals surface area contributed by atoms with Crippen molar-refractivity contribution in [2.24, 2.45) is 0 Å². The largest absolute Gasteiger partial charge is 0.372 e. The van der Waals surface area contributed by atoms with E-state index in [0.717, 1.165) is 22.9 Å². The van der Waals surface area contributed by atoms with Crippen LogP contribution in [-0.4, -0.2) is 52.2 Å². The molecule has 0 N–H and O–H groups in total. The zero-order valence-corrected chi connectivity index (χ0v) is 19.4. The molecule has 4 rings (SSSR count). The minimum atomic E-state index is -0.327. The van der Waals surface area contributed by atoms with E-state index in [1.807, 2.05) is 13.8 Å². The van der Waals surface area contributed by atoms with Crippen LogP contribution < -0.4 is 0 Å². The molecule has 6 nitrogen and oxygen atoms in total. The molecule has 0 saturated carbocycles. The molecule has 0 aliphatic carbocycles. The summed E-state index contributed by atoms with van der Waals surface area (Å²) in [4.78, 5) is 41.3. The third kappa shape index (κ3) is 5.06. The average molecular weight is 471 g/mol. The Morgan fingerprint density at radius 2 is 1.69 bits per heavy atom. The highest BCUT2D eigenvalue weighted by atomic mass is 35.5. The van der Waals surface area contributed by atoms with Gasteiger partial charge in [0.2, 0.25) is 0 Å². The normalized spacial score (nSPS) is 22.7. The van der Waals surface area contributed by atoms with Gasteiger partial charge in [-0.25, -0.2) is 0 Å². The van der Waals surface area contributed by atoms with Gasteiger partial charge in [0, 0.05) is 23.7 Å². The minimum absolute atomic E-state index is 0.00506. The van der Waals surface area contributed by atoms with Gasteiger partial charge in [0.25, 0.3) is 17.1 Å². The van der Waals surface area contributed by atoms with Gasteiger partial charge in [-0.1, -0.05) is 35.9 Å². The molecule has 8 heteroatoms. The Kier molecular flexibility index (Phi) is 6.69. The van der Waals surface area contributed by atoms with Crippen molar-refractivity contribution < 1.29 is 19.1 Å². The first-order valence-corrected chi connectivity index (χ1v) is 11.5. The van der Waals surface area contributed by atoms with Gasteiger partial charge in [0.15, 0.2) is 0 Å². The summed E-state index contributed by atoms with van der Waals surface area (Å²) in [5.74, 6) is -0.367. The number of nitrogens with zero attached hydrogens (tertiary/aromatic N) is 2. The van der Waals surface area contributed by atoms with E-state index >= 15 is 0 Å². The zero-order valence-electron chi connectivity index (χ0n) is 17.8. The molecule has 2 atom stereocenters. The van der Waals surface area contributed by atoms with Crippen LogP contribution in [0.15, 0.2) is 53.4 Å². The lowest BCUT2D eigenvalue weighted by Gasteiger charge is -2.35. The van der Waals surface area contributed by atoms with Crippen LogP contribution >= 0.6 is 23.4 Å². The van der Waals surface area contributed by atoms with E-state index in [9.17, 15) is 14.4 Å². The Balaban J connectivity index is 1.44. The second kappa shape index (κ2) is 9.48. The van der Waals surface area contributed by atoms with Crippen LogP contribution in [0.4, 0.5) is 4.79 Å². The van der Waals surface area contributed by atoms with E-state index in [2.05, 4.69) is 0 Å². The highest BCUT2D eigenvalue weighted by Gasteiger charge is 2.35. The Morgan fingerprint density at radius 1 is 1.06 bits per heavy atom. The fourth-order valence-electron chi connectivity index (χ4n) is 3.81. The minimum Gasteiger partial charge on any atom is -0.372 e. The first-order valence-electron chi connectivity index (χ1n) is 10.3. The van der Waals surface area contributed by atoms with Crippen molar-refractivity contribution in [1.82, 2.24) is 9.80 Å². The van der Waals surface area contributed by atoms with Gasteiger partial charge < -0.3 is 9.64 Å². The topological polar surface area (TPSA) is 66.9 Å². The zero-order chi connectivity index (χ0) is 22.8. The van der Waals surface area contributed by atoms with Crippen LogP contribution in [0.25, 0.3) is 6.08 Å². The number of hydrogen-bond acceptors (Lipinski definition) is 5. The summed E-state index contributed by atoms with van der Waals surface area (Å²) in [6.45, 7) is 5.23. The second-order valence-corrected chi connectivity index (χ2v) is 9.41. The molecule has 2 aliphatic rings. The number of hydrogen-bond donors (Lipinski definition) is 0. The van der Waals surface area contributed by atoms with Gasteiger partial charge in [-0.15, -0.1) is 0 Å². The van der Waals surface area contributed by atoms with Gasteiger partial charge in [0.1, 0.15) is 0 Å². The van der Waals surface area contributed by atoms with Gasteiger partial charge in [-0.3, -0.25) is 19.3 Å². The molecule has 3 amide bonds. The molecule has 0 aromatic heterocycles. The molecule has 0 bridgehead atoms. The number of ether oxygens (including phenoxy) is 1. The maximum absolute atomic E-state index is 12.8. The summed E-state index contributed by atoms with van der Waals surface area (Å²) >= 11 is 6.81. The summed E-state index contributed by atoms with van der Waals surface area (Å²) < 4.78 is 5.69. The Morgan fingerprint density at radius 3 is 2.31 bits per heavy atom. The number of amides is 3. The number of benzene rings is 2. The summed E-state index contributed by atoms with van der Waals surface area (Å²) in [7, 11) is 0. The van der Waals surface area contributed by atoms with E-state index in [-0.39, 0.29) is 35.8 Å². The van der Waals surface area contributed by atoms with E-state index in [0.29, 0.717) is 28.6 Å². The van der Waals surface area contributed by atoms with Crippen molar-refractivity contribution in [2.75, 3.05) is 13.1 Å². The van der Waals surface area contributed by atoms with Crippen LogP contribution in [0.2, 0.25) is 5.02 Å². The molecule has 0 spiro atoms. The molecule has 32 heavy (non-hydrogen) atoms. The molecule has 166 valence electrons. The van der Waals surface area contributed by atoms with Crippen LogP contribution in [0.5, 0.6) is 0 Å². The van der Waals surface area contributed by atoms with Crippen LogP contribution in [0.3, 0.4) is 0 Å². The lowest BCUT2D eigenvalue weighted by atomic mass is 10.1. The molecular weight excluding hydrogens is 448 g/mol. The Labute approximate surface area is 196 Å². The van der Waals surface area contributed by atoms with Gasteiger partial charge in [-0.2, -0.15) is 0 Å². The number of morpholine rings is 1. The number of rotatable bonds is 4. The van der Waals surface area contributed by atoms with E-state index in [1.54, 1.807) is 59.5 Å². The number of carbonyl (C=O) groups is 3. The summed E-state index contributed by atoms with van der Waals surface area (Å²) in [6, 6.07) is 14.1. The first-order chi connectivity index (χ1) is 15.3. The first kappa shape index (κ1) is 22.6. The molecule has 0 radical (unpaired) electrons. The van der Waals surface area contributed by atoms with E-state index < -0.39 is 0 Å². The number of carbonyl (C=O) groups excluding carboxylic acids is 3. The Hall–Kier alpha value is -2.61. The number of imide groups is 1. The summed E-state index contributed by atoms with van der Waals surface area (Å²) in [5, 5.41) is 0.293. The van der Waals surface area contributed by atoms with Crippen molar-refractivity contribution in [3.8, 4) is 0 Å². The SMILES string of the molecule is C[C@@H]1CN(C(=O)c2ccc(/C=C3\SC(=O)N(Cc4ccc(Cl)cc4)C3=O)cc2)C[C@H](C)O1.